The number of nitrogens with two attached hydrogens (primary N) is 1. The molecule has 0 spiro atoms. The van der Waals surface area contributed by atoms with Crippen molar-refractivity contribution in [2.75, 3.05) is 13.2 Å². The van der Waals surface area contributed by atoms with Crippen molar-refractivity contribution in [3.63, 3.8) is 0 Å². The molecule has 0 aromatic carbocycles. The van der Waals surface area contributed by atoms with Crippen LogP contribution in [0.15, 0.2) is 0 Å². The van der Waals surface area contributed by atoms with E-state index in [0.29, 0.717) is 13.0 Å². The molecule has 1 saturated heterocycles. The highest BCUT2D eigenvalue weighted by atomic mass is 19.4. The molecule has 0 aromatic heterocycles. The van der Waals surface area contributed by atoms with Crippen LogP contribution >= 0.6 is 0 Å². The molecule has 1 aliphatic heterocycles. The number of rotatable bonds is 2. The fourth-order valence-corrected chi connectivity index (χ4v) is 1.31. The molecule has 3 N–H and O–H groups in total. The van der Waals surface area contributed by atoms with E-state index in [1.807, 2.05) is 0 Å². The monoisotopic (exact) mass is 184 g/mol. The van der Waals surface area contributed by atoms with Crippen molar-refractivity contribution in [3.8, 4) is 0 Å². The highest BCUT2D eigenvalue weighted by Crippen LogP contribution is 2.29. The van der Waals surface area contributed by atoms with E-state index < -0.39 is 18.1 Å². The molecule has 0 saturated carbocycles. The van der Waals surface area contributed by atoms with Crippen LogP contribution in [0.2, 0.25) is 0 Å². The molecule has 3 nitrogen and oxygen atoms in total. The van der Waals surface area contributed by atoms with E-state index in [-0.39, 0.29) is 6.61 Å². The van der Waals surface area contributed by atoms with Gasteiger partial charge in [0.1, 0.15) is 6.04 Å². The lowest BCUT2D eigenvalue weighted by molar-refractivity contribution is -0.168. The number of alkyl halides is 3. The second-order valence-corrected chi connectivity index (χ2v) is 2.81. The van der Waals surface area contributed by atoms with Gasteiger partial charge in [-0.1, -0.05) is 0 Å². The SMILES string of the molecule is NNC(C1CCOC1)C(F)(F)F. The Morgan fingerprint density at radius 1 is 1.50 bits per heavy atom. The highest BCUT2D eigenvalue weighted by molar-refractivity contribution is 4.83. The van der Waals surface area contributed by atoms with Crippen LogP contribution in [-0.4, -0.2) is 25.4 Å². The summed E-state index contributed by atoms with van der Waals surface area (Å²) in [5, 5.41) is 0. The lowest BCUT2D eigenvalue weighted by Crippen LogP contribution is -2.51. The number of ether oxygens (including phenoxy) is 1. The van der Waals surface area contributed by atoms with Crippen LogP contribution in [0, 0.1) is 5.92 Å². The van der Waals surface area contributed by atoms with Crippen LogP contribution in [0.5, 0.6) is 0 Å². The molecule has 12 heavy (non-hydrogen) atoms. The van der Waals surface area contributed by atoms with Crippen molar-refractivity contribution in [3.05, 3.63) is 0 Å². The fraction of sp³-hybridized carbons (Fsp3) is 1.00. The van der Waals surface area contributed by atoms with Crippen LogP contribution in [0.4, 0.5) is 13.2 Å². The lowest BCUT2D eigenvalue weighted by Gasteiger charge is -2.23. The van der Waals surface area contributed by atoms with Crippen LogP contribution in [-0.2, 0) is 4.74 Å². The minimum atomic E-state index is -4.28. The standard InChI is InChI=1S/C6H11F3N2O/c7-6(8,9)5(11-10)4-1-2-12-3-4/h4-5,11H,1-3,10H2. The summed E-state index contributed by atoms with van der Waals surface area (Å²) in [6, 6.07) is -1.64. The molecule has 1 aliphatic rings. The van der Waals surface area contributed by atoms with Crippen molar-refractivity contribution in [1.82, 2.24) is 5.43 Å². The largest absolute Gasteiger partial charge is 0.405 e. The molecule has 2 unspecified atom stereocenters. The summed E-state index contributed by atoms with van der Waals surface area (Å²) < 4.78 is 41.4. The van der Waals surface area contributed by atoms with Gasteiger partial charge in [0.2, 0.25) is 0 Å². The van der Waals surface area contributed by atoms with E-state index in [4.69, 9.17) is 10.6 Å². The van der Waals surface area contributed by atoms with Gasteiger partial charge in [0.25, 0.3) is 0 Å². The Morgan fingerprint density at radius 2 is 2.17 bits per heavy atom. The predicted molar refractivity (Wildman–Crippen MR) is 36.1 cm³/mol. The average molecular weight is 184 g/mol. The number of hydrogen-bond acceptors (Lipinski definition) is 3. The third-order valence-electron chi connectivity index (χ3n) is 1.97. The Balaban J connectivity index is 2.54. The van der Waals surface area contributed by atoms with E-state index in [2.05, 4.69) is 0 Å². The summed E-state index contributed by atoms with van der Waals surface area (Å²) in [7, 11) is 0. The predicted octanol–water partition coefficient (Wildman–Crippen LogP) is 0.417. The van der Waals surface area contributed by atoms with Gasteiger partial charge < -0.3 is 4.74 Å². The van der Waals surface area contributed by atoms with Crippen LogP contribution < -0.4 is 11.3 Å². The topological polar surface area (TPSA) is 47.3 Å². The van der Waals surface area contributed by atoms with Gasteiger partial charge in [-0.2, -0.15) is 13.2 Å². The summed E-state index contributed by atoms with van der Waals surface area (Å²) in [6.07, 6.45) is -3.87. The maximum Gasteiger partial charge on any atom is 0.405 e. The highest BCUT2D eigenvalue weighted by Gasteiger charge is 2.45. The minimum absolute atomic E-state index is 0.133. The van der Waals surface area contributed by atoms with Crippen LogP contribution in [0.25, 0.3) is 0 Å². The first-order chi connectivity index (χ1) is 5.55. The third kappa shape index (κ3) is 2.09. The van der Waals surface area contributed by atoms with Gasteiger partial charge in [-0.05, 0) is 6.42 Å². The summed E-state index contributed by atoms with van der Waals surface area (Å²) >= 11 is 0. The Labute approximate surface area is 68.0 Å². The van der Waals surface area contributed by atoms with Crippen molar-refractivity contribution >= 4 is 0 Å². The van der Waals surface area contributed by atoms with Gasteiger partial charge in [-0.15, -0.1) is 0 Å². The van der Waals surface area contributed by atoms with Gasteiger partial charge >= 0.3 is 6.18 Å². The van der Waals surface area contributed by atoms with Gasteiger partial charge in [0.05, 0.1) is 6.61 Å². The van der Waals surface area contributed by atoms with Crippen molar-refractivity contribution in [1.29, 1.82) is 0 Å². The molecule has 0 bridgehead atoms. The summed E-state index contributed by atoms with van der Waals surface area (Å²) in [5.74, 6) is 4.27. The molecule has 0 radical (unpaired) electrons. The smallest absolute Gasteiger partial charge is 0.381 e. The molecule has 6 heteroatoms. The Bertz CT molecular complexity index is 144. The van der Waals surface area contributed by atoms with E-state index >= 15 is 0 Å². The normalized spacial score (nSPS) is 27.5. The molecule has 0 amide bonds. The quantitative estimate of drug-likeness (QED) is 0.483. The maximum absolute atomic E-state index is 12.2. The zero-order valence-electron chi connectivity index (χ0n) is 6.40. The Kier molecular flexibility index (Phi) is 2.92. The lowest BCUT2D eigenvalue weighted by atomic mass is 9.99. The first-order valence-corrected chi connectivity index (χ1v) is 3.66. The van der Waals surface area contributed by atoms with Crippen LogP contribution in [0.1, 0.15) is 6.42 Å². The van der Waals surface area contributed by atoms with Crippen molar-refractivity contribution in [2.24, 2.45) is 11.8 Å². The van der Waals surface area contributed by atoms with Gasteiger partial charge in [-0.25, -0.2) is 5.43 Å². The van der Waals surface area contributed by atoms with Gasteiger partial charge in [0.15, 0.2) is 0 Å². The molecule has 0 aliphatic carbocycles. The summed E-state index contributed by atoms with van der Waals surface area (Å²) in [4.78, 5) is 0. The first-order valence-electron chi connectivity index (χ1n) is 3.66. The first kappa shape index (κ1) is 9.76. The number of hydrazine groups is 1. The Morgan fingerprint density at radius 3 is 2.50 bits per heavy atom. The van der Waals surface area contributed by atoms with E-state index in [9.17, 15) is 13.2 Å². The van der Waals surface area contributed by atoms with E-state index in [1.165, 1.54) is 0 Å². The minimum Gasteiger partial charge on any atom is -0.381 e. The summed E-state index contributed by atoms with van der Waals surface area (Å²) in [5.41, 5.74) is 1.78. The molecule has 1 heterocycles. The Hall–Kier alpha value is -0.330. The van der Waals surface area contributed by atoms with E-state index in [0.717, 1.165) is 0 Å². The maximum atomic E-state index is 12.2. The second kappa shape index (κ2) is 3.59. The van der Waals surface area contributed by atoms with Gasteiger partial charge in [-0.3, -0.25) is 5.84 Å². The zero-order chi connectivity index (χ0) is 9.19. The van der Waals surface area contributed by atoms with Crippen molar-refractivity contribution in [2.45, 2.75) is 18.6 Å². The van der Waals surface area contributed by atoms with Gasteiger partial charge in [0, 0.05) is 12.5 Å². The number of hydrogen-bond donors (Lipinski definition) is 2. The van der Waals surface area contributed by atoms with E-state index in [1.54, 1.807) is 5.43 Å². The average Bonchev–Trinajstić information content (AvgIpc) is 2.38. The molecule has 0 aromatic rings. The number of nitrogens with one attached hydrogen (secondary N) is 1. The number of halogens is 3. The second-order valence-electron chi connectivity index (χ2n) is 2.81. The molecule has 1 fully saturated rings. The molecule has 1 rings (SSSR count). The molecule has 72 valence electrons. The zero-order valence-corrected chi connectivity index (χ0v) is 6.40. The van der Waals surface area contributed by atoms with Crippen molar-refractivity contribution < 1.29 is 17.9 Å². The summed E-state index contributed by atoms with van der Waals surface area (Å²) in [6.45, 7) is 0.521. The molecule has 2 atom stereocenters. The molecular formula is C6H11F3N2O. The third-order valence-corrected chi connectivity index (χ3v) is 1.97. The fourth-order valence-electron chi connectivity index (χ4n) is 1.31. The van der Waals surface area contributed by atoms with Crippen LogP contribution in [0.3, 0.4) is 0 Å². The molecular weight excluding hydrogens is 173 g/mol.